The molecule has 0 saturated carbocycles. The smallest absolute Gasteiger partial charge is 0.422 e. The first-order valence-electron chi connectivity index (χ1n) is 7.32. The molecule has 0 spiro atoms. The summed E-state index contributed by atoms with van der Waals surface area (Å²) in [6, 6.07) is 8.82. The van der Waals surface area contributed by atoms with Gasteiger partial charge in [0, 0.05) is 11.0 Å². The van der Waals surface area contributed by atoms with Crippen molar-refractivity contribution in [3.63, 3.8) is 0 Å². The van der Waals surface area contributed by atoms with Crippen LogP contribution in [0.5, 0.6) is 5.75 Å². The Kier molecular flexibility index (Phi) is 5.41. The van der Waals surface area contributed by atoms with Crippen molar-refractivity contribution in [2.45, 2.75) is 11.4 Å². The molecule has 1 aliphatic heterocycles. The van der Waals surface area contributed by atoms with E-state index in [1.165, 1.54) is 12.1 Å². The van der Waals surface area contributed by atoms with Gasteiger partial charge in [-0.05, 0) is 30.0 Å². The van der Waals surface area contributed by atoms with E-state index in [1.54, 1.807) is 11.8 Å². The number of carbonyl (C=O) groups is 2. The number of hydrogen-bond acceptors (Lipinski definition) is 6. The van der Waals surface area contributed by atoms with Gasteiger partial charge in [-0.2, -0.15) is 0 Å². The molecule has 3 rings (SSSR count). The maximum absolute atomic E-state index is 12.5. The third-order valence-electron chi connectivity index (χ3n) is 3.55. The Hall–Kier alpha value is -2.22. The van der Waals surface area contributed by atoms with Crippen LogP contribution >= 0.6 is 35.0 Å². The van der Waals surface area contributed by atoms with Crippen molar-refractivity contribution in [2.75, 3.05) is 6.26 Å². The van der Waals surface area contributed by atoms with Gasteiger partial charge >= 0.3 is 6.09 Å². The highest BCUT2D eigenvalue weighted by Gasteiger charge is 2.36. The highest BCUT2D eigenvalue weighted by Crippen LogP contribution is 2.31. The lowest BCUT2D eigenvalue weighted by molar-refractivity contribution is -0.123. The lowest BCUT2D eigenvalue weighted by Crippen LogP contribution is -2.28. The molecule has 2 heterocycles. The number of halogens is 2. The van der Waals surface area contributed by atoms with Crippen molar-refractivity contribution in [1.82, 2.24) is 9.88 Å². The molecule has 0 unspecified atom stereocenters. The number of cyclic esters (lactones) is 1. The van der Waals surface area contributed by atoms with Crippen LogP contribution in [0.1, 0.15) is 11.3 Å². The quantitative estimate of drug-likeness (QED) is 0.458. The summed E-state index contributed by atoms with van der Waals surface area (Å²) < 4.78 is 5.03. The highest BCUT2D eigenvalue weighted by molar-refractivity contribution is 7.98. The van der Waals surface area contributed by atoms with Gasteiger partial charge in [0.15, 0.2) is 16.7 Å². The van der Waals surface area contributed by atoms with Crippen LogP contribution < -0.4 is 0 Å². The molecule has 2 aromatic rings. The van der Waals surface area contributed by atoms with E-state index in [-0.39, 0.29) is 33.9 Å². The predicted octanol–water partition coefficient (Wildman–Crippen LogP) is 4.34. The second-order valence-electron chi connectivity index (χ2n) is 5.29. The van der Waals surface area contributed by atoms with Gasteiger partial charge in [0.25, 0.3) is 5.91 Å². The maximum Gasteiger partial charge on any atom is 0.422 e. The van der Waals surface area contributed by atoms with Crippen LogP contribution in [0.15, 0.2) is 41.0 Å². The summed E-state index contributed by atoms with van der Waals surface area (Å²) in [4.78, 5) is 30.4. The average molecular weight is 411 g/mol. The summed E-state index contributed by atoms with van der Waals surface area (Å²) in [6.45, 7) is 0.0912. The molecule has 2 amide bonds. The molecular weight excluding hydrogens is 399 g/mol. The molecule has 0 radical (unpaired) electrons. The van der Waals surface area contributed by atoms with Gasteiger partial charge in [0.1, 0.15) is 0 Å². The molecule has 26 heavy (non-hydrogen) atoms. The van der Waals surface area contributed by atoms with Crippen LogP contribution in [0.2, 0.25) is 10.2 Å². The minimum Gasteiger partial charge on any atom is -0.504 e. The molecule has 0 aliphatic carbocycles. The number of imide groups is 1. The van der Waals surface area contributed by atoms with Gasteiger partial charge in [-0.1, -0.05) is 35.3 Å². The molecule has 1 fully saturated rings. The summed E-state index contributed by atoms with van der Waals surface area (Å²) in [5.41, 5.74) is 0.984. The van der Waals surface area contributed by atoms with E-state index in [4.69, 9.17) is 27.9 Å². The summed E-state index contributed by atoms with van der Waals surface area (Å²) in [7, 11) is 0. The fourth-order valence-corrected chi connectivity index (χ4v) is 3.23. The molecule has 1 aromatic heterocycles. The monoisotopic (exact) mass is 410 g/mol. The van der Waals surface area contributed by atoms with Crippen molar-refractivity contribution >= 4 is 53.0 Å². The normalized spacial score (nSPS) is 15.7. The van der Waals surface area contributed by atoms with Crippen LogP contribution in [-0.2, 0) is 16.1 Å². The van der Waals surface area contributed by atoms with E-state index in [0.29, 0.717) is 0 Å². The van der Waals surface area contributed by atoms with E-state index in [2.05, 4.69) is 4.98 Å². The van der Waals surface area contributed by atoms with E-state index >= 15 is 0 Å². The van der Waals surface area contributed by atoms with Crippen LogP contribution in [0, 0.1) is 0 Å². The first kappa shape index (κ1) is 18.6. The summed E-state index contributed by atoms with van der Waals surface area (Å²) in [6.07, 6.45) is 2.41. The average Bonchev–Trinajstić information content (AvgIpc) is 2.87. The van der Waals surface area contributed by atoms with Crippen LogP contribution in [0.25, 0.3) is 6.08 Å². The fraction of sp³-hybridized carbons (Fsp3) is 0.118. The Morgan fingerprint density at radius 3 is 2.77 bits per heavy atom. The van der Waals surface area contributed by atoms with E-state index in [0.717, 1.165) is 15.4 Å². The largest absolute Gasteiger partial charge is 0.504 e. The first-order chi connectivity index (χ1) is 12.4. The molecule has 1 saturated heterocycles. The Morgan fingerprint density at radius 1 is 1.31 bits per heavy atom. The molecule has 1 N–H and O–H groups in total. The van der Waals surface area contributed by atoms with E-state index < -0.39 is 12.0 Å². The molecule has 0 bridgehead atoms. The van der Waals surface area contributed by atoms with Crippen molar-refractivity contribution in [3.8, 4) is 5.75 Å². The number of nitrogens with zero attached hydrogens (tertiary/aromatic N) is 2. The first-order valence-corrected chi connectivity index (χ1v) is 9.30. The lowest BCUT2D eigenvalue weighted by Gasteiger charge is -2.10. The van der Waals surface area contributed by atoms with Crippen LogP contribution in [0.4, 0.5) is 4.79 Å². The summed E-state index contributed by atoms with van der Waals surface area (Å²) in [5.74, 6) is -1.14. The van der Waals surface area contributed by atoms with Gasteiger partial charge in [-0.3, -0.25) is 4.79 Å². The number of benzene rings is 1. The number of rotatable bonds is 4. The maximum atomic E-state index is 12.5. The zero-order valence-corrected chi connectivity index (χ0v) is 15.7. The van der Waals surface area contributed by atoms with E-state index in [9.17, 15) is 14.7 Å². The number of ether oxygens (including phenoxy) is 1. The lowest BCUT2D eigenvalue weighted by atomic mass is 10.2. The standard InChI is InChI=1S/C17H12Cl2N2O4S/c1-26-11-4-2-3-9(5-11)8-21-16(23)13(25-17(21)24)7-10-6-12(18)14(22)15(19)20-10/h2-7,22H,8H2,1H3/b13-7-. The van der Waals surface area contributed by atoms with Crippen molar-refractivity contribution in [3.05, 3.63) is 57.5 Å². The number of hydrogen-bond donors (Lipinski definition) is 1. The molecule has 0 atom stereocenters. The van der Waals surface area contributed by atoms with Crippen LogP contribution in [-0.4, -0.2) is 33.2 Å². The number of carbonyl (C=O) groups excluding carboxylic acids is 2. The predicted molar refractivity (Wildman–Crippen MR) is 99.2 cm³/mol. The van der Waals surface area contributed by atoms with Crippen molar-refractivity contribution in [2.24, 2.45) is 0 Å². The SMILES string of the molecule is CSc1cccc(CN2C(=O)O/C(=C\c3cc(Cl)c(O)c(Cl)n3)C2=O)c1. The third kappa shape index (κ3) is 3.80. The van der Waals surface area contributed by atoms with Gasteiger partial charge in [0.05, 0.1) is 17.3 Å². The third-order valence-corrected chi connectivity index (χ3v) is 4.83. The minimum atomic E-state index is -0.772. The Labute approximate surface area is 163 Å². The number of thioether (sulfide) groups is 1. The van der Waals surface area contributed by atoms with Gasteiger partial charge in [-0.15, -0.1) is 11.8 Å². The van der Waals surface area contributed by atoms with Gasteiger partial charge in [0.2, 0.25) is 0 Å². The number of aromatic nitrogens is 1. The van der Waals surface area contributed by atoms with Crippen LogP contribution in [0.3, 0.4) is 0 Å². The second kappa shape index (κ2) is 7.57. The molecule has 1 aliphatic rings. The van der Waals surface area contributed by atoms with Crippen molar-refractivity contribution in [1.29, 1.82) is 0 Å². The Balaban J connectivity index is 1.84. The zero-order chi connectivity index (χ0) is 18.8. The van der Waals surface area contributed by atoms with Gasteiger partial charge < -0.3 is 9.84 Å². The molecule has 9 heteroatoms. The Bertz CT molecular complexity index is 910. The molecule has 6 nitrogen and oxygen atoms in total. The number of aromatic hydroxyl groups is 1. The molecule has 1 aromatic carbocycles. The highest BCUT2D eigenvalue weighted by atomic mass is 35.5. The summed E-state index contributed by atoms with van der Waals surface area (Å²) in [5, 5.41) is 9.28. The zero-order valence-electron chi connectivity index (χ0n) is 13.4. The van der Waals surface area contributed by atoms with E-state index in [1.807, 2.05) is 30.5 Å². The summed E-state index contributed by atoms with van der Waals surface area (Å²) >= 11 is 13.1. The fourth-order valence-electron chi connectivity index (χ4n) is 2.29. The minimum absolute atomic E-state index is 0.0284. The Morgan fingerprint density at radius 2 is 2.08 bits per heavy atom. The molecular formula is C17H12Cl2N2O4S. The number of amides is 2. The number of pyridine rings is 1. The topological polar surface area (TPSA) is 79.7 Å². The van der Waals surface area contributed by atoms with Gasteiger partial charge in [-0.25, -0.2) is 14.7 Å². The second-order valence-corrected chi connectivity index (χ2v) is 6.93. The van der Waals surface area contributed by atoms with Crippen molar-refractivity contribution < 1.29 is 19.4 Å². The molecule has 134 valence electrons.